The maximum atomic E-state index is 12.6. The topological polar surface area (TPSA) is 74.2 Å². The van der Waals surface area contributed by atoms with Crippen molar-refractivity contribution in [3.05, 3.63) is 0 Å². The third-order valence-corrected chi connectivity index (χ3v) is 11.2. The van der Waals surface area contributed by atoms with Crippen molar-refractivity contribution in [1.29, 1.82) is 0 Å². The molecule has 8 heteroatoms. The molecule has 0 fully saturated rings. The molecule has 0 heterocycles. The van der Waals surface area contributed by atoms with E-state index in [1.807, 2.05) is 0 Å². The first-order valence-corrected chi connectivity index (χ1v) is 24.3. The molecule has 0 amide bonds. The molecule has 0 radical (unpaired) electrons. The van der Waals surface area contributed by atoms with Gasteiger partial charge in [0.2, 0.25) is 0 Å². The lowest BCUT2D eigenvalue weighted by atomic mass is 10.0. The van der Waals surface area contributed by atoms with Crippen molar-refractivity contribution in [1.82, 2.24) is 0 Å². The predicted molar refractivity (Wildman–Crippen MR) is 224 cm³/mol. The van der Waals surface area contributed by atoms with E-state index in [0.29, 0.717) is 19.8 Å². The van der Waals surface area contributed by atoms with Crippen molar-refractivity contribution in [3.8, 4) is 0 Å². The average Bonchev–Trinajstić information content (AvgIpc) is 3.10. The van der Waals surface area contributed by atoms with Crippen LogP contribution in [0.25, 0.3) is 0 Å². The van der Waals surface area contributed by atoms with Gasteiger partial charge >= 0.3 is 7.82 Å². The van der Waals surface area contributed by atoms with Gasteiger partial charge in [-0.3, -0.25) is 9.05 Å². The molecule has 1 N–H and O–H groups in total. The number of nitrogens with zero attached hydrogens (tertiary/aromatic N) is 1. The van der Waals surface area contributed by atoms with Crippen LogP contribution in [0.15, 0.2) is 0 Å². The third kappa shape index (κ3) is 42.7. The van der Waals surface area contributed by atoms with Crippen LogP contribution in [0.4, 0.5) is 0 Å². The van der Waals surface area contributed by atoms with E-state index in [1.165, 1.54) is 161 Å². The van der Waals surface area contributed by atoms with Gasteiger partial charge in [-0.2, -0.15) is 0 Å². The van der Waals surface area contributed by atoms with Crippen LogP contribution in [0.2, 0.25) is 0 Å². The summed E-state index contributed by atoms with van der Waals surface area (Å²) >= 11 is 0. The smallest absolute Gasteiger partial charge is 0.379 e. The molecule has 0 aliphatic carbocycles. The van der Waals surface area contributed by atoms with Crippen LogP contribution in [0.5, 0.6) is 0 Å². The van der Waals surface area contributed by atoms with Crippen LogP contribution >= 0.6 is 7.82 Å². The van der Waals surface area contributed by atoms with Crippen LogP contribution < -0.4 is 0 Å². The minimum absolute atomic E-state index is 0.00855. The van der Waals surface area contributed by atoms with E-state index in [2.05, 4.69) is 35.0 Å². The molecule has 0 aromatic heterocycles. The Balaban J connectivity index is 4.18. The lowest BCUT2D eigenvalue weighted by Crippen LogP contribution is -2.35. The molecule has 7 nitrogen and oxygen atoms in total. The highest BCUT2D eigenvalue weighted by Gasteiger charge is 2.24. The minimum atomic E-state index is -4.12. The Bertz CT molecular complexity index is 749. The van der Waals surface area contributed by atoms with Crippen molar-refractivity contribution >= 4 is 7.82 Å². The highest BCUT2D eigenvalue weighted by atomic mass is 31.2. The Morgan fingerprint density at radius 3 is 1.19 bits per heavy atom. The average molecular weight is 763 g/mol. The summed E-state index contributed by atoms with van der Waals surface area (Å²) in [7, 11) is 2.48. The first-order valence-electron chi connectivity index (χ1n) is 22.8. The molecular formula is C44H93NO6P+. The van der Waals surface area contributed by atoms with Gasteiger partial charge in [0, 0.05) is 13.2 Å². The zero-order valence-electron chi connectivity index (χ0n) is 35.8. The molecule has 0 bridgehead atoms. The summed E-state index contributed by atoms with van der Waals surface area (Å²) in [5, 5.41) is 0. The Kier molecular flexibility index (Phi) is 39.2. The number of phosphoric acid groups is 1. The maximum absolute atomic E-state index is 12.6. The molecule has 0 aromatic rings. The number of hydrogen-bond donors (Lipinski definition) is 1. The molecule has 0 rings (SSSR count). The Labute approximate surface area is 325 Å². The molecule has 0 aliphatic rings. The largest absolute Gasteiger partial charge is 0.472 e. The van der Waals surface area contributed by atoms with Gasteiger partial charge in [-0.25, -0.2) is 4.57 Å². The van der Waals surface area contributed by atoms with Gasteiger partial charge in [-0.15, -0.1) is 0 Å². The molecule has 0 aromatic carbocycles. The molecule has 314 valence electrons. The van der Waals surface area contributed by atoms with Gasteiger partial charge in [0.1, 0.15) is 6.10 Å². The summed E-state index contributed by atoms with van der Waals surface area (Å²) in [5.74, 6) is 0. The molecule has 52 heavy (non-hydrogen) atoms. The van der Waals surface area contributed by atoms with Gasteiger partial charge in [0.25, 0.3) is 0 Å². The fraction of sp³-hybridized carbons (Fsp3) is 1.00. The molecular weight excluding hydrogens is 669 g/mol. The lowest BCUT2D eigenvalue weighted by molar-refractivity contribution is -0.870. The zero-order valence-corrected chi connectivity index (χ0v) is 36.7. The van der Waals surface area contributed by atoms with E-state index >= 15 is 0 Å². The van der Waals surface area contributed by atoms with Crippen molar-refractivity contribution in [3.63, 3.8) is 0 Å². The molecule has 0 saturated heterocycles. The van der Waals surface area contributed by atoms with Gasteiger partial charge in [0.05, 0.1) is 47.5 Å². The Hall–Kier alpha value is -0.0100. The first kappa shape index (κ1) is 52.0. The third-order valence-electron chi connectivity index (χ3n) is 10.2. The standard InChI is InChI=1S/C44H92NO6P/c1-6-8-10-12-14-16-18-20-22-24-26-28-31-35-39-48-42-44(43-51-52(46,47)50-41-37-33-30-34-38-45(3,4)5)49-40-36-32-29-27-25-23-21-19-17-15-13-11-9-7-2/h44H,6-43H2,1-5H3/p+1/t44-/m1/s1. The summed E-state index contributed by atoms with van der Waals surface area (Å²) < 4.78 is 36.3. The summed E-state index contributed by atoms with van der Waals surface area (Å²) in [6, 6.07) is 0. The first-order chi connectivity index (χ1) is 25.2. The number of hydrogen-bond acceptors (Lipinski definition) is 5. The van der Waals surface area contributed by atoms with Gasteiger partial charge in [-0.1, -0.05) is 187 Å². The van der Waals surface area contributed by atoms with E-state index in [9.17, 15) is 9.46 Å². The predicted octanol–water partition coefficient (Wildman–Crippen LogP) is 13.8. The van der Waals surface area contributed by atoms with Crippen LogP contribution in [0, 0.1) is 0 Å². The molecule has 0 spiro atoms. The lowest BCUT2D eigenvalue weighted by Gasteiger charge is -2.23. The normalized spacial score (nSPS) is 13.9. The monoisotopic (exact) mass is 763 g/mol. The van der Waals surface area contributed by atoms with Crippen LogP contribution in [0.1, 0.15) is 219 Å². The Morgan fingerprint density at radius 2 is 0.788 bits per heavy atom. The highest BCUT2D eigenvalue weighted by Crippen LogP contribution is 2.43. The molecule has 1 unspecified atom stereocenters. The quantitative estimate of drug-likeness (QED) is 0.0378. The second-order valence-corrected chi connectivity index (χ2v) is 18.2. The zero-order chi connectivity index (χ0) is 38.3. The number of ether oxygens (including phenoxy) is 2. The van der Waals surface area contributed by atoms with Crippen LogP contribution in [-0.4, -0.2) is 76.2 Å². The summed E-state index contributed by atoms with van der Waals surface area (Å²) in [6.07, 6.45) is 40.9. The molecule has 0 aliphatic heterocycles. The van der Waals surface area contributed by atoms with Crippen molar-refractivity contribution < 1.29 is 32.5 Å². The Morgan fingerprint density at radius 1 is 0.442 bits per heavy atom. The van der Waals surface area contributed by atoms with Crippen molar-refractivity contribution in [2.75, 3.05) is 60.7 Å². The fourth-order valence-corrected chi connectivity index (χ4v) is 7.53. The number of rotatable bonds is 44. The van der Waals surface area contributed by atoms with Crippen LogP contribution in [0.3, 0.4) is 0 Å². The van der Waals surface area contributed by atoms with E-state index < -0.39 is 7.82 Å². The van der Waals surface area contributed by atoms with E-state index in [4.69, 9.17) is 18.5 Å². The van der Waals surface area contributed by atoms with E-state index in [0.717, 1.165) is 56.0 Å². The summed E-state index contributed by atoms with van der Waals surface area (Å²) in [4.78, 5) is 10.3. The number of unbranched alkanes of at least 4 members (excludes halogenated alkanes) is 29. The minimum Gasteiger partial charge on any atom is -0.379 e. The summed E-state index contributed by atoms with van der Waals surface area (Å²) in [5.41, 5.74) is 0. The van der Waals surface area contributed by atoms with Crippen molar-refractivity contribution in [2.45, 2.75) is 225 Å². The maximum Gasteiger partial charge on any atom is 0.472 e. The van der Waals surface area contributed by atoms with Crippen LogP contribution in [-0.2, 0) is 23.1 Å². The number of phosphoric ester groups is 1. The SMILES string of the molecule is CCCCCCCCCCCCCCCCOC[C@H](COP(=O)(O)OCCCCCC[N+](C)(C)C)OCCCCCCCCCCCCCCCC. The second kappa shape index (κ2) is 39.2. The van der Waals surface area contributed by atoms with Gasteiger partial charge in [-0.05, 0) is 32.1 Å². The van der Waals surface area contributed by atoms with E-state index in [1.54, 1.807) is 0 Å². The van der Waals surface area contributed by atoms with Crippen molar-refractivity contribution in [2.24, 2.45) is 0 Å². The second-order valence-electron chi connectivity index (χ2n) is 16.8. The summed E-state index contributed by atoms with van der Waals surface area (Å²) in [6.45, 7) is 7.63. The molecule has 2 atom stereocenters. The van der Waals surface area contributed by atoms with E-state index in [-0.39, 0.29) is 19.3 Å². The fourth-order valence-electron chi connectivity index (χ4n) is 6.74. The number of quaternary nitrogens is 1. The molecule has 0 saturated carbocycles. The van der Waals surface area contributed by atoms with Gasteiger partial charge < -0.3 is 18.9 Å². The van der Waals surface area contributed by atoms with Gasteiger partial charge in [0.15, 0.2) is 0 Å². The highest BCUT2D eigenvalue weighted by molar-refractivity contribution is 7.47.